The largest absolute Gasteiger partial charge is 0.454 e. The number of pyridine rings is 1. The highest BCUT2D eigenvalue weighted by Crippen LogP contribution is 2.33. The molecule has 27 heavy (non-hydrogen) atoms. The maximum absolute atomic E-state index is 14.6. The fraction of sp³-hybridized carbons (Fsp3) is 0.316. The molecule has 0 radical (unpaired) electrons. The highest BCUT2D eigenvalue weighted by Gasteiger charge is 2.29. The minimum absolute atomic E-state index is 0.00179. The molecule has 1 aliphatic carbocycles. The molecule has 142 valence electrons. The summed E-state index contributed by atoms with van der Waals surface area (Å²) in [6.45, 7) is 0. The van der Waals surface area contributed by atoms with Gasteiger partial charge in [-0.05, 0) is 31.0 Å². The number of aromatic nitrogens is 1. The first-order valence-corrected chi connectivity index (χ1v) is 8.73. The van der Waals surface area contributed by atoms with E-state index in [4.69, 9.17) is 16.2 Å². The molecule has 4 N–H and O–H groups in total. The van der Waals surface area contributed by atoms with Crippen molar-refractivity contribution in [2.75, 3.05) is 10.6 Å². The van der Waals surface area contributed by atoms with Gasteiger partial charge in [0.25, 0.3) is 0 Å². The second-order valence-electron chi connectivity index (χ2n) is 6.48. The van der Waals surface area contributed by atoms with E-state index >= 15 is 0 Å². The Morgan fingerprint density at radius 1 is 1.22 bits per heavy atom. The predicted molar refractivity (Wildman–Crippen MR) is 98.7 cm³/mol. The van der Waals surface area contributed by atoms with Gasteiger partial charge < -0.3 is 21.1 Å². The van der Waals surface area contributed by atoms with Crippen LogP contribution in [0.25, 0.3) is 0 Å². The third kappa shape index (κ3) is 4.52. The number of nitrogens with two attached hydrogens (primary N) is 2. The van der Waals surface area contributed by atoms with E-state index in [1.165, 1.54) is 29.3 Å². The number of nitrogens with zero attached hydrogens (tertiary/aromatic N) is 2. The molecule has 1 aromatic heterocycles. The molecule has 3 rings (SSSR count). The Kier molecular flexibility index (Phi) is 5.54. The minimum Gasteiger partial charge on any atom is -0.454 e. The maximum Gasteiger partial charge on any atom is 0.236 e. The van der Waals surface area contributed by atoms with Gasteiger partial charge >= 0.3 is 0 Å². The molecule has 0 atom stereocenters. The summed E-state index contributed by atoms with van der Waals surface area (Å²) in [5, 5.41) is 0. The summed E-state index contributed by atoms with van der Waals surface area (Å²) in [6, 6.07) is 7.25. The molecule has 1 saturated carbocycles. The molecule has 0 saturated heterocycles. The lowest BCUT2D eigenvalue weighted by Gasteiger charge is -2.29. The number of benzene rings is 1. The summed E-state index contributed by atoms with van der Waals surface area (Å²) in [4.78, 5) is 29.0. The zero-order valence-corrected chi connectivity index (χ0v) is 14.7. The fourth-order valence-electron chi connectivity index (χ4n) is 3.30. The monoisotopic (exact) mass is 372 g/mol. The summed E-state index contributed by atoms with van der Waals surface area (Å²) in [7, 11) is 0. The van der Waals surface area contributed by atoms with Crippen molar-refractivity contribution in [3.63, 3.8) is 0 Å². The van der Waals surface area contributed by atoms with Crippen LogP contribution in [0.15, 0.2) is 36.5 Å². The first kappa shape index (κ1) is 18.6. The second kappa shape index (κ2) is 8.03. The van der Waals surface area contributed by atoms with Crippen LogP contribution in [0.1, 0.15) is 32.1 Å². The molecule has 1 aliphatic rings. The van der Waals surface area contributed by atoms with Gasteiger partial charge in [0.05, 0.1) is 0 Å². The van der Waals surface area contributed by atoms with Crippen molar-refractivity contribution in [3.05, 3.63) is 42.3 Å². The van der Waals surface area contributed by atoms with E-state index in [2.05, 4.69) is 4.98 Å². The van der Waals surface area contributed by atoms with Crippen LogP contribution in [0.5, 0.6) is 11.5 Å². The Morgan fingerprint density at radius 2 is 1.96 bits per heavy atom. The van der Waals surface area contributed by atoms with Gasteiger partial charge in [-0.15, -0.1) is 0 Å². The van der Waals surface area contributed by atoms with Gasteiger partial charge in [-0.25, -0.2) is 9.37 Å². The Hall–Kier alpha value is -3.16. The molecule has 1 fully saturated rings. The molecular formula is C19H21FN4O3. The van der Waals surface area contributed by atoms with Crippen molar-refractivity contribution in [1.82, 2.24) is 4.98 Å². The molecule has 2 aromatic rings. The summed E-state index contributed by atoms with van der Waals surface area (Å²) >= 11 is 0. The van der Waals surface area contributed by atoms with Gasteiger partial charge in [-0.3, -0.25) is 9.59 Å². The summed E-state index contributed by atoms with van der Waals surface area (Å²) in [5.74, 6) is -1.15. The smallest absolute Gasteiger partial charge is 0.236 e. The second-order valence-corrected chi connectivity index (χ2v) is 6.48. The van der Waals surface area contributed by atoms with E-state index in [1.54, 1.807) is 12.1 Å². The molecule has 0 unspecified atom stereocenters. The zero-order chi connectivity index (χ0) is 19.4. The number of carbonyl (C=O) groups excluding carboxylic acids is 2. The number of rotatable bonds is 6. The Morgan fingerprint density at radius 3 is 2.59 bits per heavy atom. The Balaban J connectivity index is 1.86. The average molecular weight is 372 g/mol. The van der Waals surface area contributed by atoms with Crippen LogP contribution in [0.2, 0.25) is 0 Å². The number of hydrogen-bond acceptors (Lipinski definition) is 5. The van der Waals surface area contributed by atoms with E-state index in [-0.39, 0.29) is 17.6 Å². The summed E-state index contributed by atoms with van der Waals surface area (Å²) < 4.78 is 20.1. The molecule has 0 bridgehead atoms. The minimum atomic E-state index is -0.710. The van der Waals surface area contributed by atoms with Gasteiger partial charge in [0.2, 0.25) is 11.8 Å². The quantitative estimate of drug-likeness (QED) is 0.757. The van der Waals surface area contributed by atoms with Gasteiger partial charge in [-0.1, -0.05) is 12.8 Å². The standard InChI is InChI=1S/C19H21FN4O3/c20-15-9-13(5-6-16(15)27-14-7-8-23-17(21)10-14)24(12-3-1-2-4-12)19(26)11-18(22)25/h5-10,12H,1-4,11H2,(H2,21,23)(H2,22,25). The highest BCUT2D eigenvalue weighted by molar-refractivity contribution is 6.04. The van der Waals surface area contributed by atoms with E-state index < -0.39 is 24.1 Å². The van der Waals surface area contributed by atoms with Crippen LogP contribution in [-0.4, -0.2) is 22.8 Å². The zero-order valence-electron chi connectivity index (χ0n) is 14.7. The van der Waals surface area contributed by atoms with E-state index in [0.717, 1.165) is 25.7 Å². The lowest BCUT2D eigenvalue weighted by atomic mass is 10.1. The number of ether oxygens (including phenoxy) is 1. The number of nitrogen functional groups attached to an aromatic ring is 1. The van der Waals surface area contributed by atoms with Crippen LogP contribution in [0, 0.1) is 5.82 Å². The third-order valence-electron chi connectivity index (χ3n) is 4.46. The van der Waals surface area contributed by atoms with Crippen LogP contribution in [0.4, 0.5) is 15.9 Å². The van der Waals surface area contributed by atoms with Crippen LogP contribution in [-0.2, 0) is 9.59 Å². The topological polar surface area (TPSA) is 112 Å². The van der Waals surface area contributed by atoms with Crippen molar-refractivity contribution >= 4 is 23.3 Å². The molecule has 8 heteroatoms. The molecular weight excluding hydrogens is 351 g/mol. The van der Waals surface area contributed by atoms with E-state index in [0.29, 0.717) is 11.4 Å². The van der Waals surface area contributed by atoms with Crippen LogP contribution < -0.4 is 21.1 Å². The lowest BCUT2D eigenvalue weighted by molar-refractivity contribution is -0.126. The first-order valence-electron chi connectivity index (χ1n) is 8.73. The van der Waals surface area contributed by atoms with E-state index in [1.807, 2.05) is 0 Å². The molecule has 2 amide bonds. The van der Waals surface area contributed by atoms with Gasteiger partial charge in [-0.2, -0.15) is 0 Å². The van der Waals surface area contributed by atoms with Crippen LogP contribution >= 0.6 is 0 Å². The van der Waals surface area contributed by atoms with Crippen molar-refractivity contribution in [2.24, 2.45) is 5.73 Å². The highest BCUT2D eigenvalue weighted by atomic mass is 19.1. The predicted octanol–water partition coefficient (Wildman–Crippen LogP) is 2.75. The maximum atomic E-state index is 14.6. The molecule has 1 heterocycles. The SMILES string of the molecule is NC(=O)CC(=O)N(c1ccc(Oc2ccnc(N)c2)c(F)c1)C1CCCC1. The van der Waals surface area contributed by atoms with Crippen molar-refractivity contribution < 1.29 is 18.7 Å². The van der Waals surface area contributed by atoms with E-state index in [9.17, 15) is 14.0 Å². The van der Waals surface area contributed by atoms with Crippen molar-refractivity contribution in [1.29, 1.82) is 0 Å². The van der Waals surface area contributed by atoms with Crippen LogP contribution in [0.3, 0.4) is 0 Å². The van der Waals surface area contributed by atoms with Gasteiger partial charge in [0, 0.05) is 30.1 Å². The van der Waals surface area contributed by atoms with Gasteiger partial charge in [0.1, 0.15) is 18.0 Å². The Bertz CT molecular complexity index is 853. The third-order valence-corrected chi connectivity index (χ3v) is 4.46. The van der Waals surface area contributed by atoms with Gasteiger partial charge in [0.15, 0.2) is 11.6 Å². The average Bonchev–Trinajstić information content (AvgIpc) is 3.11. The lowest BCUT2D eigenvalue weighted by Crippen LogP contribution is -2.40. The Labute approximate surface area is 156 Å². The molecule has 0 aliphatic heterocycles. The number of carbonyl (C=O) groups is 2. The first-order chi connectivity index (χ1) is 12.9. The number of hydrogen-bond donors (Lipinski definition) is 2. The summed E-state index contributed by atoms with van der Waals surface area (Å²) in [5.41, 5.74) is 11.1. The number of primary amides is 1. The van der Waals surface area contributed by atoms with Crippen molar-refractivity contribution in [2.45, 2.75) is 38.1 Å². The van der Waals surface area contributed by atoms with Crippen molar-refractivity contribution in [3.8, 4) is 11.5 Å². The normalized spacial score (nSPS) is 14.1. The number of halogens is 1. The number of amides is 2. The number of anilines is 2. The fourth-order valence-corrected chi connectivity index (χ4v) is 3.30. The summed E-state index contributed by atoms with van der Waals surface area (Å²) in [6.07, 6.45) is 4.63. The molecule has 1 aromatic carbocycles. The molecule has 7 nitrogen and oxygen atoms in total. The molecule has 0 spiro atoms.